The Bertz CT molecular complexity index is 1230. The van der Waals surface area contributed by atoms with Gasteiger partial charge in [0.2, 0.25) is 5.91 Å². The number of nitrogens with zero attached hydrogens (tertiary/aromatic N) is 2. The lowest BCUT2D eigenvalue weighted by molar-refractivity contribution is -0.122. The van der Waals surface area contributed by atoms with Gasteiger partial charge in [-0.3, -0.25) is 4.79 Å². The molecule has 3 N–H and O–H groups in total. The molecule has 1 amide bonds. The summed E-state index contributed by atoms with van der Waals surface area (Å²) in [5.41, 5.74) is 8.46. The van der Waals surface area contributed by atoms with Crippen LogP contribution in [0.5, 0.6) is 11.5 Å². The number of amides is 1. The number of aryl methyl sites for hydroxylation is 1. The summed E-state index contributed by atoms with van der Waals surface area (Å²) in [5.74, 6) is -2.28. The van der Waals surface area contributed by atoms with Crippen molar-refractivity contribution in [2.24, 2.45) is 10.4 Å². The molecule has 1 spiro atoms. The summed E-state index contributed by atoms with van der Waals surface area (Å²) < 4.78 is 40.5. The Morgan fingerprint density at radius 2 is 1.83 bits per heavy atom. The molecule has 7 nitrogen and oxygen atoms in total. The van der Waals surface area contributed by atoms with Crippen molar-refractivity contribution in [1.82, 2.24) is 0 Å². The van der Waals surface area contributed by atoms with Crippen molar-refractivity contribution in [3.05, 3.63) is 64.5 Å². The van der Waals surface area contributed by atoms with Crippen molar-refractivity contribution in [3.63, 3.8) is 0 Å². The minimum Gasteiger partial charge on any atom is -0.493 e. The number of carbonyl (C=O) groups excluding carboxylic acids is 1. The van der Waals surface area contributed by atoms with Gasteiger partial charge in [0, 0.05) is 12.6 Å². The van der Waals surface area contributed by atoms with Crippen LogP contribution < -0.4 is 25.4 Å². The van der Waals surface area contributed by atoms with Gasteiger partial charge in [-0.2, -0.15) is 0 Å². The fraction of sp³-hybridized carbons (Fsp3) is 0.308. The first kappa shape index (κ1) is 24.3. The molecular weight excluding hydrogens is 454 g/mol. The second kappa shape index (κ2) is 9.05. The topological polar surface area (TPSA) is 89.2 Å². The zero-order valence-corrected chi connectivity index (χ0v) is 20.2. The predicted molar refractivity (Wildman–Crippen MR) is 133 cm³/mol. The number of ether oxygens (including phenoxy) is 2. The summed E-state index contributed by atoms with van der Waals surface area (Å²) in [5, 5.41) is 3.20. The average molecular weight is 483 g/mol. The molecule has 1 fully saturated rings. The molecule has 2 aromatic rings. The number of nitrogens with two attached hydrogens (primary N) is 1. The van der Waals surface area contributed by atoms with Gasteiger partial charge in [-0.15, -0.1) is 0 Å². The molecule has 1 aliphatic heterocycles. The van der Waals surface area contributed by atoms with Crippen LogP contribution in [0.2, 0.25) is 0 Å². The number of nitrogen functional groups attached to an aromatic ring is 1. The van der Waals surface area contributed by atoms with E-state index in [-0.39, 0.29) is 24.0 Å². The van der Waals surface area contributed by atoms with Crippen molar-refractivity contribution < 1.29 is 23.0 Å². The van der Waals surface area contributed by atoms with Crippen molar-refractivity contribution in [2.45, 2.75) is 26.7 Å². The number of aliphatic imine (C=N–C) groups is 1. The number of methoxy groups -OCH3 is 2. The molecule has 0 bridgehead atoms. The second-order valence-electron chi connectivity index (χ2n) is 8.78. The molecule has 184 valence electrons. The van der Waals surface area contributed by atoms with Crippen LogP contribution in [-0.2, 0) is 4.79 Å². The molecule has 9 heteroatoms. The van der Waals surface area contributed by atoms with Gasteiger partial charge in [0.15, 0.2) is 23.1 Å². The number of benzene rings is 2. The van der Waals surface area contributed by atoms with E-state index >= 15 is 8.78 Å². The normalized spacial score (nSPS) is 17.0. The van der Waals surface area contributed by atoms with Crippen LogP contribution in [0.4, 0.5) is 25.8 Å². The molecule has 1 saturated carbocycles. The summed E-state index contributed by atoms with van der Waals surface area (Å²) in [7, 11) is 2.54. The van der Waals surface area contributed by atoms with Crippen LogP contribution in [0.15, 0.2) is 52.3 Å². The highest BCUT2D eigenvalue weighted by atomic mass is 19.1. The first-order valence-electron chi connectivity index (χ1n) is 11.1. The van der Waals surface area contributed by atoms with E-state index < -0.39 is 22.7 Å². The predicted octanol–water partition coefficient (Wildman–Crippen LogP) is 4.97. The maximum atomic E-state index is 15.2. The third-order valence-electron chi connectivity index (χ3n) is 6.61. The van der Waals surface area contributed by atoms with Crippen LogP contribution in [-0.4, -0.2) is 33.4 Å². The Morgan fingerprint density at radius 3 is 2.34 bits per heavy atom. The summed E-state index contributed by atoms with van der Waals surface area (Å²) in [6.45, 7) is 7.40. The lowest BCUT2D eigenvalue weighted by Gasteiger charge is -2.35. The molecular formula is C26H28F2N4O3. The number of hydrogen-bond acceptors (Lipinski definition) is 6. The molecule has 0 aromatic heterocycles. The molecule has 0 atom stereocenters. The van der Waals surface area contributed by atoms with E-state index in [1.165, 1.54) is 14.2 Å². The smallest absolute Gasteiger partial charge is 0.238 e. The SMILES string of the molecule is C=N/C(=C\C1=C(C)CN(c2c(F)c(OC)cc(OC)c2F)C(=O)C12CC2)Nc1c(C)cccc1N. The van der Waals surface area contributed by atoms with Crippen LogP contribution in [0, 0.1) is 24.0 Å². The summed E-state index contributed by atoms with van der Waals surface area (Å²) in [6, 6.07) is 6.67. The lowest BCUT2D eigenvalue weighted by Crippen LogP contribution is -2.44. The molecule has 0 unspecified atom stereocenters. The van der Waals surface area contributed by atoms with E-state index in [0.29, 0.717) is 30.0 Å². The van der Waals surface area contributed by atoms with E-state index in [1.54, 1.807) is 12.1 Å². The Hall–Kier alpha value is -3.88. The minimum atomic E-state index is -0.952. The van der Waals surface area contributed by atoms with E-state index in [0.717, 1.165) is 27.7 Å². The molecule has 0 saturated heterocycles. The lowest BCUT2D eigenvalue weighted by atomic mass is 9.85. The van der Waals surface area contributed by atoms with Gasteiger partial charge in [0.1, 0.15) is 11.5 Å². The highest BCUT2D eigenvalue weighted by Crippen LogP contribution is 2.58. The van der Waals surface area contributed by atoms with Gasteiger partial charge in [-0.05, 0) is 62.3 Å². The highest BCUT2D eigenvalue weighted by molar-refractivity contribution is 6.04. The Kier molecular flexibility index (Phi) is 6.27. The fourth-order valence-corrected chi connectivity index (χ4v) is 4.58. The summed E-state index contributed by atoms with van der Waals surface area (Å²) in [6.07, 6.45) is 2.87. The molecule has 2 aromatic carbocycles. The monoisotopic (exact) mass is 482 g/mol. The first-order chi connectivity index (χ1) is 16.7. The number of rotatable bonds is 7. The van der Waals surface area contributed by atoms with Gasteiger partial charge in [0.05, 0.1) is 31.0 Å². The van der Waals surface area contributed by atoms with E-state index in [1.807, 2.05) is 26.0 Å². The average Bonchev–Trinajstić information content (AvgIpc) is 3.63. The zero-order valence-electron chi connectivity index (χ0n) is 20.2. The van der Waals surface area contributed by atoms with Gasteiger partial charge >= 0.3 is 0 Å². The molecule has 4 rings (SSSR count). The molecule has 2 aliphatic rings. The quantitative estimate of drug-likeness (QED) is 0.430. The fourth-order valence-electron chi connectivity index (χ4n) is 4.58. The summed E-state index contributed by atoms with van der Waals surface area (Å²) in [4.78, 5) is 18.9. The van der Waals surface area contributed by atoms with Crippen molar-refractivity contribution in [2.75, 3.05) is 36.7 Å². The number of para-hydroxylation sites is 1. The van der Waals surface area contributed by atoms with Crippen LogP contribution in [0.25, 0.3) is 0 Å². The van der Waals surface area contributed by atoms with Gasteiger partial charge in [0.25, 0.3) is 0 Å². The van der Waals surface area contributed by atoms with E-state index in [4.69, 9.17) is 15.2 Å². The van der Waals surface area contributed by atoms with Crippen LogP contribution in [0.1, 0.15) is 25.3 Å². The zero-order chi connectivity index (χ0) is 25.5. The number of halogens is 2. The molecule has 0 radical (unpaired) electrons. The van der Waals surface area contributed by atoms with Gasteiger partial charge < -0.3 is 25.4 Å². The van der Waals surface area contributed by atoms with E-state index in [9.17, 15) is 4.79 Å². The Balaban J connectivity index is 1.78. The molecule has 35 heavy (non-hydrogen) atoms. The number of nitrogens with one attached hydrogen (secondary N) is 1. The Morgan fingerprint density at radius 1 is 1.20 bits per heavy atom. The highest BCUT2D eigenvalue weighted by Gasteiger charge is 2.57. The summed E-state index contributed by atoms with van der Waals surface area (Å²) >= 11 is 0. The third kappa shape index (κ3) is 4.00. The molecule has 1 heterocycles. The Labute approximate surface area is 202 Å². The van der Waals surface area contributed by atoms with Crippen LogP contribution >= 0.6 is 0 Å². The maximum Gasteiger partial charge on any atom is 0.238 e. The van der Waals surface area contributed by atoms with Crippen molar-refractivity contribution in [1.29, 1.82) is 0 Å². The van der Waals surface area contributed by atoms with Crippen molar-refractivity contribution >= 4 is 29.7 Å². The van der Waals surface area contributed by atoms with Gasteiger partial charge in [-0.25, -0.2) is 13.8 Å². The maximum absolute atomic E-state index is 15.2. The second-order valence-corrected chi connectivity index (χ2v) is 8.78. The standard InChI is InChI=1S/C26H28F2N4O3/c1-14-7-6-8-17(29)23(14)31-20(30-3)11-16-15(2)13-32(25(33)26(16)9-10-26)24-21(27)18(34-4)12-19(35-5)22(24)28/h6-8,11-12,31H,3,9-10,13,29H2,1-2,4-5H3/b20-11+. The number of anilines is 3. The van der Waals surface area contributed by atoms with Crippen molar-refractivity contribution in [3.8, 4) is 11.5 Å². The van der Waals surface area contributed by atoms with Gasteiger partial charge in [-0.1, -0.05) is 12.1 Å². The molecule has 1 aliphatic carbocycles. The number of hydrogen-bond donors (Lipinski definition) is 2. The van der Waals surface area contributed by atoms with E-state index in [2.05, 4.69) is 17.0 Å². The minimum absolute atomic E-state index is 0.00644. The largest absolute Gasteiger partial charge is 0.493 e. The van der Waals surface area contributed by atoms with Crippen LogP contribution in [0.3, 0.4) is 0 Å². The first-order valence-corrected chi connectivity index (χ1v) is 11.1. The third-order valence-corrected chi connectivity index (χ3v) is 6.61. The number of allylic oxidation sites excluding steroid dienone is 1. The number of carbonyl (C=O) groups is 1.